The van der Waals surface area contributed by atoms with Crippen LogP contribution in [0, 0.1) is 0 Å². The molecule has 0 heterocycles. The molecule has 0 fully saturated rings. The third-order valence-corrected chi connectivity index (χ3v) is 3.27. The van der Waals surface area contributed by atoms with Gasteiger partial charge in [0.05, 0.1) is 0 Å². The fourth-order valence-corrected chi connectivity index (χ4v) is 2.02. The second-order valence-electron chi connectivity index (χ2n) is 5.35. The minimum absolute atomic E-state index is 0.792. The Morgan fingerprint density at radius 2 is 1.05 bits per heavy atom. The Balaban J connectivity index is 3.18. The largest absolute Gasteiger partial charge is 0.330 e. The van der Waals surface area contributed by atoms with Crippen molar-refractivity contribution in [1.29, 1.82) is 0 Å². The molecule has 0 aliphatic carbocycles. The van der Waals surface area contributed by atoms with Crippen LogP contribution in [0.1, 0.15) is 25.7 Å². The van der Waals surface area contributed by atoms with Gasteiger partial charge < -0.3 is 26.6 Å². The van der Waals surface area contributed by atoms with Crippen LogP contribution in [0.25, 0.3) is 0 Å². The van der Waals surface area contributed by atoms with Crippen molar-refractivity contribution in [2.45, 2.75) is 25.7 Å². The fraction of sp³-hybridized carbons (Fsp3) is 1.00. The zero-order valence-electron chi connectivity index (χ0n) is 13.0. The minimum Gasteiger partial charge on any atom is -0.330 e. The molecule has 0 atom stereocenters. The van der Waals surface area contributed by atoms with Crippen molar-refractivity contribution in [3.63, 3.8) is 0 Å². The van der Waals surface area contributed by atoms with E-state index in [1.54, 1.807) is 0 Å². The number of nitrogens with two attached hydrogens (primary N) is 2. The second kappa shape index (κ2) is 14.2. The van der Waals surface area contributed by atoms with E-state index in [4.69, 9.17) is 11.5 Å². The van der Waals surface area contributed by atoms with Crippen LogP contribution >= 0.6 is 0 Å². The number of hydrogen-bond acceptors (Lipinski definition) is 5. The zero-order valence-corrected chi connectivity index (χ0v) is 13.0. The van der Waals surface area contributed by atoms with Crippen molar-refractivity contribution in [3.05, 3.63) is 0 Å². The molecular formula is C14H35N5. The Bertz CT molecular complexity index is 159. The van der Waals surface area contributed by atoms with Crippen molar-refractivity contribution >= 4 is 0 Å². The van der Waals surface area contributed by atoms with Gasteiger partial charge in [-0.1, -0.05) is 0 Å². The SMILES string of the molecule is CN(CCCN)CCCNCCCN(C)CCCN. The third kappa shape index (κ3) is 14.0. The van der Waals surface area contributed by atoms with Crippen molar-refractivity contribution in [3.8, 4) is 0 Å². The average molecular weight is 273 g/mol. The Hall–Kier alpha value is -0.200. The molecule has 116 valence electrons. The molecule has 5 N–H and O–H groups in total. The molecule has 0 bridgehead atoms. The monoisotopic (exact) mass is 273 g/mol. The normalized spacial score (nSPS) is 11.7. The molecule has 0 amide bonds. The lowest BCUT2D eigenvalue weighted by atomic mass is 10.3. The molecule has 0 aliphatic heterocycles. The summed E-state index contributed by atoms with van der Waals surface area (Å²) in [5, 5.41) is 3.51. The fourth-order valence-electron chi connectivity index (χ4n) is 2.02. The quantitative estimate of drug-likeness (QED) is 0.386. The Labute approximate surface area is 119 Å². The van der Waals surface area contributed by atoms with Gasteiger partial charge in [-0.2, -0.15) is 0 Å². The highest BCUT2D eigenvalue weighted by molar-refractivity contribution is 4.57. The smallest absolute Gasteiger partial charge is 0.000968 e. The first-order chi connectivity index (χ1) is 9.20. The van der Waals surface area contributed by atoms with E-state index in [1.807, 2.05) is 0 Å². The van der Waals surface area contributed by atoms with Gasteiger partial charge in [0.15, 0.2) is 0 Å². The van der Waals surface area contributed by atoms with Gasteiger partial charge in [0.1, 0.15) is 0 Å². The first kappa shape index (κ1) is 18.8. The second-order valence-corrected chi connectivity index (χ2v) is 5.35. The first-order valence-corrected chi connectivity index (χ1v) is 7.68. The van der Waals surface area contributed by atoms with E-state index in [0.717, 1.165) is 65.2 Å². The summed E-state index contributed by atoms with van der Waals surface area (Å²) in [6.45, 7) is 8.34. The molecule has 0 rings (SSSR count). The summed E-state index contributed by atoms with van der Waals surface area (Å²) in [5.74, 6) is 0. The van der Waals surface area contributed by atoms with Crippen LogP contribution < -0.4 is 16.8 Å². The molecule has 0 aromatic rings. The van der Waals surface area contributed by atoms with Gasteiger partial charge in [0, 0.05) is 0 Å². The van der Waals surface area contributed by atoms with E-state index >= 15 is 0 Å². The number of rotatable bonds is 14. The summed E-state index contributed by atoms with van der Waals surface area (Å²) in [7, 11) is 4.34. The average Bonchev–Trinajstić information content (AvgIpc) is 2.41. The lowest BCUT2D eigenvalue weighted by molar-refractivity contribution is 0.315. The lowest BCUT2D eigenvalue weighted by Crippen LogP contribution is -2.28. The van der Waals surface area contributed by atoms with Gasteiger partial charge in [-0.25, -0.2) is 0 Å². The highest BCUT2D eigenvalue weighted by atomic mass is 15.1. The van der Waals surface area contributed by atoms with Crippen LogP contribution in [-0.4, -0.2) is 76.3 Å². The maximum Gasteiger partial charge on any atom is -0.000968 e. The summed E-state index contributed by atoms with van der Waals surface area (Å²) in [6.07, 6.45) is 4.62. The van der Waals surface area contributed by atoms with Crippen molar-refractivity contribution < 1.29 is 0 Å². The molecule has 0 saturated carbocycles. The molecule has 0 aliphatic rings. The molecule has 0 aromatic heterocycles. The summed E-state index contributed by atoms with van der Waals surface area (Å²) < 4.78 is 0. The van der Waals surface area contributed by atoms with Crippen LogP contribution in [0.4, 0.5) is 0 Å². The van der Waals surface area contributed by atoms with Gasteiger partial charge in [-0.3, -0.25) is 0 Å². The Morgan fingerprint density at radius 1 is 0.684 bits per heavy atom. The van der Waals surface area contributed by atoms with Crippen LogP contribution in [-0.2, 0) is 0 Å². The number of hydrogen-bond donors (Lipinski definition) is 3. The van der Waals surface area contributed by atoms with Crippen LogP contribution in [0.5, 0.6) is 0 Å². The molecular weight excluding hydrogens is 238 g/mol. The van der Waals surface area contributed by atoms with E-state index in [0.29, 0.717) is 0 Å². The van der Waals surface area contributed by atoms with Gasteiger partial charge in [-0.05, 0) is 92.1 Å². The first-order valence-electron chi connectivity index (χ1n) is 7.68. The number of nitrogens with zero attached hydrogens (tertiary/aromatic N) is 2. The van der Waals surface area contributed by atoms with E-state index < -0.39 is 0 Å². The highest BCUT2D eigenvalue weighted by Gasteiger charge is 1.98. The summed E-state index contributed by atoms with van der Waals surface area (Å²) in [4.78, 5) is 4.71. The third-order valence-electron chi connectivity index (χ3n) is 3.27. The molecule has 0 aromatic carbocycles. The summed E-state index contributed by atoms with van der Waals surface area (Å²) >= 11 is 0. The summed E-state index contributed by atoms with van der Waals surface area (Å²) in [6, 6.07) is 0. The maximum absolute atomic E-state index is 5.49. The van der Waals surface area contributed by atoms with Crippen LogP contribution in [0.3, 0.4) is 0 Å². The predicted molar refractivity (Wildman–Crippen MR) is 84.4 cm³/mol. The van der Waals surface area contributed by atoms with Crippen molar-refractivity contribution in [2.24, 2.45) is 11.5 Å². The van der Waals surface area contributed by atoms with Crippen LogP contribution in [0.2, 0.25) is 0 Å². The topological polar surface area (TPSA) is 70.5 Å². The highest BCUT2D eigenvalue weighted by Crippen LogP contribution is 1.90. The van der Waals surface area contributed by atoms with E-state index in [-0.39, 0.29) is 0 Å². The molecule has 0 spiro atoms. The lowest BCUT2D eigenvalue weighted by Gasteiger charge is -2.17. The van der Waals surface area contributed by atoms with E-state index in [1.165, 1.54) is 12.8 Å². The maximum atomic E-state index is 5.49. The molecule has 0 radical (unpaired) electrons. The minimum atomic E-state index is 0.792. The van der Waals surface area contributed by atoms with Crippen LogP contribution in [0.15, 0.2) is 0 Å². The molecule has 19 heavy (non-hydrogen) atoms. The molecule has 5 heteroatoms. The number of nitrogens with one attached hydrogen (secondary N) is 1. The van der Waals surface area contributed by atoms with Gasteiger partial charge in [0.2, 0.25) is 0 Å². The van der Waals surface area contributed by atoms with E-state index in [9.17, 15) is 0 Å². The predicted octanol–water partition coefficient (Wildman–Crippen LogP) is -0.0826. The van der Waals surface area contributed by atoms with Gasteiger partial charge in [-0.15, -0.1) is 0 Å². The Morgan fingerprint density at radius 3 is 1.42 bits per heavy atom. The molecule has 0 unspecified atom stereocenters. The van der Waals surface area contributed by atoms with E-state index in [2.05, 4.69) is 29.2 Å². The van der Waals surface area contributed by atoms with Gasteiger partial charge in [0.25, 0.3) is 0 Å². The summed E-state index contributed by atoms with van der Waals surface area (Å²) in [5.41, 5.74) is 11.0. The van der Waals surface area contributed by atoms with Crippen molar-refractivity contribution in [1.82, 2.24) is 15.1 Å². The molecule has 5 nitrogen and oxygen atoms in total. The van der Waals surface area contributed by atoms with Gasteiger partial charge >= 0.3 is 0 Å². The molecule has 0 saturated heterocycles. The van der Waals surface area contributed by atoms with Crippen molar-refractivity contribution in [2.75, 3.05) is 66.5 Å². The Kier molecular flexibility index (Phi) is 14.1. The zero-order chi connectivity index (χ0) is 14.3. The standard InChI is InChI=1S/C14H35N5/c1-18(11-3-7-15)13-5-9-17-10-6-14-19(2)12-4-8-16/h17H,3-16H2,1-2H3.